The van der Waals surface area contributed by atoms with Gasteiger partial charge in [-0.1, -0.05) is 29.8 Å². The molecule has 0 atom stereocenters. The van der Waals surface area contributed by atoms with Crippen molar-refractivity contribution in [2.45, 2.75) is 26.3 Å². The van der Waals surface area contributed by atoms with Gasteiger partial charge in [-0.25, -0.2) is 4.98 Å². The van der Waals surface area contributed by atoms with Gasteiger partial charge in [-0.05, 0) is 51.7 Å². The first-order chi connectivity index (χ1) is 9.51. The average Bonchev–Trinajstić information content (AvgIpc) is 2.42. The molecule has 5 heteroatoms. The van der Waals surface area contributed by atoms with Crippen molar-refractivity contribution in [3.05, 3.63) is 50.5 Å². The Bertz CT molecular complexity index is 615. The van der Waals surface area contributed by atoms with E-state index >= 15 is 0 Å². The van der Waals surface area contributed by atoms with E-state index in [0.717, 1.165) is 25.8 Å². The van der Waals surface area contributed by atoms with Gasteiger partial charge in [-0.3, -0.25) is 0 Å². The third kappa shape index (κ3) is 3.59. The van der Waals surface area contributed by atoms with Crippen LogP contribution in [0.4, 0.5) is 0 Å². The van der Waals surface area contributed by atoms with E-state index in [9.17, 15) is 0 Å². The quantitative estimate of drug-likeness (QED) is 0.788. The lowest BCUT2D eigenvalue weighted by molar-refractivity contribution is 0.448. The van der Waals surface area contributed by atoms with Gasteiger partial charge in [0.2, 0.25) is 5.88 Å². The van der Waals surface area contributed by atoms with Crippen LogP contribution >= 0.6 is 31.9 Å². The van der Waals surface area contributed by atoms with Crippen LogP contribution < -0.4 is 10.5 Å². The normalized spacial score (nSPS) is 10.9. The minimum Gasteiger partial charge on any atom is -0.438 e. The van der Waals surface area contributed by atoms with Crippen LogP contribution in [0.1, 0.15) is 30.9 Å². The molecule has 20 heavy (non-hydrogen) atoms. The molecule has 0 aliphatic heterocycles. The maximum Gasteiger partial charge on any atom is 0.223 e. The van der Waals surface area contributed by atoms with E-state index in [0.29, 0.717) is 18.3 Å². The van der Waals surface area contributed by atoms with Crippen LogP contribution in [-0.2, 0) is 6.54 Å². The second-order valence-corrected chi connectivity index (χ2v) is 6.59. The zero-order valence-electron chi connectivity index (χ0n) is 11.4. The number of nitrogens with zero attached hydrogens (tertiary/aromatic N) is 1. The van der Waals surface area contributed by atoms with Crippen LogP contribution in [0.3, 0.4) is 0 Å². The zero-order valence-corrected chi connectivity index (χ0v) is 14.5. The molecule has 0 amide bonds. The predicted molar refractivity (Wildman–Crippen MR) is 88.1 cm³/mol. The molecule has 1 heterocycles. The van der Waals surface area contributed by atoms with Gasteiger partial charge in [-0.2, -0.15) is 0 Å². The van der Waals surface area contributed by atoms with Gasteiger partial charge in [0.15, 0.2) is 0 Å². The highest BCUT2D eigenvalue weighted by atomic mass is 79.9. The van der Waals surface area contributed by atoms with Crippen molar-refractivity contribution < 1.29 is 4.74 Å². The van der Waals surface area contributed by atoms with Gasteiger partial charge in [-0.15, -0.1) is 0 Å². The van der Waals surface area contributed by atoms with Crippen LogP contribution in [0.15, 0.2) is 39.4 Å². The van der Waals surface area contributed by atoms with Crippen molar-refractivity contribution in [2.24, 2.45) is 5.73 Å². The lowest BCUT2D eigenvalue weighted by Crippen LogP contribution is -2.02. The molecule has 2 N–H and O–H groups in total. The highest BCUT2D eigenvalue weighted by Crippen LogP contribution is 2.33. The Morgan fingerprint density at radius 1 is 1.20 bits per heavy atom. The summed E-state index contributed by atoms with van der Waals surface area (Å²) in [6.07, 6.45) is 1.71. The summed E-state index contributed by atoms with van der Waals surface area (Å²) in [6.45, 7) is 4.65. The molecule has 0 saturated heterocycles. The minimum absolute atomic E-state index is 0.360. The number of halogens is 2. The number of hydrogen-bond donors (Lipinski definition) is 1. The second kappa shape index (κ2) is 6.70. The van der Waals surface area contributed by atoms with E-state index in [1.54, 1.807) is 6.20 Å². The van der Waals surface area contributed by atoms with E-state index < -0.39 is 0 Å². The van der Waals surface area contributed by atoms with Gasteiger partial charge < -0.3 is 10.5 Å². The Hall–Kier alpha value is -0.910. The molecule has 1 aromatic heterocycles. The van der Waals surface area contributed by atoms with Crippen LogP contribution in [0.2, 0.25) is 0 Å². The Morgan fingerprint density at radius 2 is 1.95 bits per heavy atom. The van der Waals surface area contributed by atoms with Gasteiger partial charge >= 0.3 is 0 Å². The van der Waals surface area contributed by atoms with Crippen molar-refractivity contribution in [1.82, 2.24) is 4.98 Å². The van der Waals surface area contributed by atoms with E-state index in [4.69, 9.17) is 10.5 Å². The van der Waals surface area contributed by atoms with E-state index in [-0.39, 0.29) is 0 Å². The Labute approximate surface area is 135 Å². The number of hydrogen-bond acceptors (Lipinski definition) is 3. The summed E-state index contributed by atoms with van der Waals surface area (Å²) < 4.78 is 7.90. The highest BCUT2D eigenvalue weighted by molar-refractivity contribution is 9.10. The van der Waals surface area contributed by atoms with Crippen molar-refractivity contribution >= 4 is 31.9 Å². The van der Waals surface area contributed by atoms with Crippen molar-refractivity contribution in [1.29, 1.82) is 0 Å². The molecule has 0 bridgehead atoms. The molecule has 2 aromatic rings. The Kier molecular flexibility index (Phi) is 5.18. The number of pyridine rings is 1. The summed E-state index contributed by atoms with van der Waals surface area (Å²) in [5, 5.41) is 0. The van der Waals surface area contributed by atoms with Crippen LogP contribution in [0.5, 0.6) is 11.6 Å². The van der Waals surface area contributed by atoms with E-state index in [1.807, 2.05) is 18.2 Å². The van der Waals surface area contributed by atoms with Crippen LogP contribution in [0.25, 0.3) is 0 Å². The van der Waals surface area contributed by atoms with Gasteiger partial charge in [0.05, 0.1) is 0 Å². The standard InChI is InChI=1S/C15H16Br2N2O/c1-9(2)13-6-11(16)3-4-14(13)20-15-10(7-18)5-12(17)8-19-15/h3-6,8-9H,7,18H2,1-2H3. The van der Waals surface area contributed by atoms with E-state index in [2.05, 4.69) is 56.8 Å². The summed E-state index contributed by atoms with van der Waals surface area (Å²) >= 11 is 6.88. The predicted octanol–water partition coefficient (Wildman–Crippen LogP) is 4.98. The molecular weight excluding hydrogens is 384 g/mol. The number of rotatable bonds is 4. The van der Waals surface area contributed by atoms with Gasteiger partial charge in [0.25, 0.3) is 0 Å². The average molecular weight is 400 g/mol. The van der Waals surface area contributed by atoms with Gasteiger partial charge in [0.1, 0.15) is 5.75 Å². The Morgan fingerprint density at radius 3 is 2.60 bits per heavy atom. The fourth-order valence-corrected chi connectivity index (χ4v) is 2.63. The lowest BCUT2D eigenvalue weighted by Gasteiger charge is -2.15. The number of nitrogens with two attached hydrogens (primary N) is 1. The first-order valence-corrected chi connectivity index (χ1v) is 7.91. The van der Waals surface area contributed by atoms with Crippen LogP contribution in [0, 0.1) is 0 Å². The first-order valence-electron chi connectivity index (χ1n) is 6.33. The summed E-state index contributed by atoms with van der Waals surface area (Å²) in [4.78, 5) is 4.31. The third-order valence-corrected chi connectivity index (χ3v) is 3.84. The summed E-state index contributed by atoms with van der Waals surface area (Å²) in [5.41, 5.74) is 7.75. The van der Waals surface area contributed by atoms with Crippen molar-refractivity contribution in [3.8, 4) is 11.6 Å². The maximum atomic E-state index is 5.97. The Balaban J connectivity index is 2.39. The monoisotopic (exact) mass is 398 g/mol. The number of ether oxygens (including phenoxy) is 1. The molecule has 0 aliphatic carbocycles. The fraction of sp³-hybridized carbons (Fsp3) is 0.267. The zero-order chi connectivity index (χ0) is 14.7. The molecule has 0 saturated carbocycles. The molecule has 0 fully saturated rings. The largest absolute Gasteiger partial charge is 0.438 e. The first kappa shape index (κ1) is 15.5. The number of benzene rings is 1. The lowest BCUT2D eigenvalue weighted by atomic mass is 10.0. The smallest absolute Gasteiger partial charge is 0.223 e. The van der Waals surface area contributed by atoms with Gasteiger partial charge in [0, 0.05) is 27.3 Å². The molecule has 0 spiro atoms. The molecule has 0 aliphatic rings. The van der Waals surface area contributed by atoms with Crippen LogP contribution in [-0.4, -0.2) is 4.98 Å². The summed E-state index contributed by atoms with van der Waals surface area (Å²) in [6, 6.07) is 7.91. The topological polar surface area (TPSA) is 48.1 Å². The molecule has 1 aromatic carbocycles. The molecule has 106 valence electrons. The minimum atomic E-state index is 0.360. The molecule has 3 nitrogen and oxygen atoms in total. The molecular formula is C15H16Br2N2O. The highest BCUT2D eigenvalue weighted by Gasteiger charge is 2.12. The fourth-order valence-electron chi connectivity index (χ4n) is 1.87. The molecule has 2 rings (SSSR count). The SMILES string of the molecule is CC(C)c1cc(Br)ccc1Oc1ncc(Br)cc1CN. The molecule has 0 radical (unpaired) electrons. The number of aromatic nitrogens is 1. The molecule has 0 unspecified atom stereocenters. The third-order valence-electron chi connectivity index (χ3n) is 2.91. The van der Waals surface area contributed by atoms with Crippen molar-refractivity contribution in [2.75, 3.05) is 0 Å². The second-order valence-electron chi connectivity index (χ2n) is 4.76. The maximum absolute atomic E-state index is 5.97. The summed E-state index contributed by atoms with van der Waals surface area (Å²) in [7, 11) is 0. The van der Waals surface area contributed by atoms with E-state index in [1.165, 1.54) is 0 Å². The summed E-state index contributed by atoms with van der Waals surface area (Å²) in [5.74, 6) is 1.73. The van der Waals surface area contributed by atoms with Crippen molar-refractivity contribution in [3.63, 3.8) is 0 Å².